The summed E-state index contributed by atoms with van der Waals surface area (Å²) in [5, 5.41) is 10.2. The Bertz CT molecular complexity index is 373. The van der Waals surface area contributed by atoms with Crippen molar-refractivity contribution in [2.45, 2.75) is 24.9 Å². The van der Waals surface area contributed by atoms with Crippen LogP contribution in [-0.2, 0) is 12.0 Å². The molecule has 1 aliphatic carbocycles. The number of hydrogen-bond acceptors (Lipinski definition) is 1. The fraction of sp³-hybridized carbons (Fsp3) is 0.333. The average molecular weight is 192 g/mol. The Labute approximate surface area is 82.9 Å². The molecule has 1 N–H and O–H groups in total. The van der Waals surface area contributed by atoms with Crippen molar-refractivity contribution >= 4 is 0 Å². The quantitative estimate of drug-likeness (QED) is 0.714. The van der Waals surface area contributed by atoms with Gasteiger partial charge in [-0.2, -0.15) is 0 Å². The molecule has 74 valence electrons. The summed E-state index contributed by atoms with van der Waals surface area (Å²) in [4.78, 5) is 0. The van der Waals surface area contributed by atoms with Crippen molar-refractivity contribution in [3.8, 4) is 0 Å². The maximum absolute atomic E-state index is 12.9. The molecule has 1 aromatic rings. The van der Waals surface area contributed by atoms with Crippen LogP contribution in [0.1, 0.15) is 24.0 Å². The molecule has 0 radical (unpaired) electrons. The average Bonchev–Trinajstić information content (AvgIpc) is 2.44. The number of rotatable bonds is 2. The van der Waals surface area contributed by atoms with Gasteiger partial charge >= 0.3 is 0 Å². The minimum Gasteiger partial charge on any atom is -0.385 e. The van der Waals surface area contributed by atoms with Gasteiger partial charge in [0.05, 0.1) is 5.60 Å². The number of aliphatic hydroxyl groups is 1. The van der Waals surface area contributed by atoms with Crippen molar-refractivity contribution in [2.24, 2.45) is 0 Å². The van der Waals surface area contributed by atoms with E-state index in [-0.39, 0.29) is 5.82 Å². The third kappa shape index (κ3) is 1.36. The number of benzene rings is 1. The van der Waals surface area contributed by atoms with Gasteiger partial charge in [-0.1, -0.05) is 12.1 Å². The van der Waals surface area contributed by atoms with Gasteiger partial charge in [-0.05, 0) is 42.5 Å². The Kier molecular flexibility index (Phi) is 2.16. The largest absolute Gasteiger partial charge is 0.385 e. The number of halogens is 1. The fourth-order valence-corrected chi connectivity index (χ4v) is 2.15. The third-order valence-electron chi connectivity index (χ3n) is 2.86. The van der Waals surface area contributed by atoms with E-state index in [9.17, 15) is 9.50 Å². The SMILES string of the molecule is C=CCC1(O)CCc2cc(F)ccc21. The summed E-state index contributed by atoms with van der Waals surface area (Å²) in [5.74, 6) is -0.230. The molecule has 0 bridgehead atoms. The van der Waals surface area contributed by atoms with E-state index in [2.05, 4.69) is 6.58 Å². The molecule has 1 aromatic carbocycles. The summed E-state index contributed by atoms with van der Waals surface area (Å²) in [6, 6.07) is 4.59. The van der Waals surface area contributed by atoms with Crippen molar-refractivity contribution in [1.29, 1.82) is 0 Å². The van der Waals surface area contributed by atoms with E-state index in [1.54, 1.807) is 12.1 Å². The van der Waals surface area contributed by atoms with E-state index in [1.807, 2.05) is 0 Å². The minimum atomic E-state index is -0.815. The van der Waals surface area contributed by atoms with E-state index in [0.29, 0.717) is 12.8 Å². The van der Waals surface area contributed by atoms with Crippen molar-refractivity contribution in [2.75, 3.05) is 0 Å². The first-order valence-electron chi connectivity index (χ1n) is 4.78. The summed E-state index contributed by atoms with van der Waals surface area (Å²) in [6.07, 6.45) is 3.65. The van der Waals surface area contributed by atoms with Crippen molar-refractivity contribution in [3.63, 3.8) is 0 Å². The van der Waals surface area contributed by atoms with Crippen LogP contribution in [0.5, 0.6) is 0 Å². The van der Waals surface area contributed by atoms with E-state index in [0.717, 1.165) is 17.5 Å². The van der Waals surface area contributed by atoms with Crippen LogP contribution < -0.4 is 0 Å². The van der Waals surface area contributed by atoms with Crippen molar-refractivity contribution in [3.05, 3.63) is 47.8 Å². The second-order valence-electron chi connectivity index (χ2n) is 3.83. The van der Waals surface area contributed by atoms with Gasteiger partial charge in [0.1, 0.15) is 5.82 Å². The van der Waals surface area contributed by atoms with Crippen LogP contribution in [0.2, 0.25) is 0 Å². The Hall–Kier alpha value is -1.15. The van der Waals surface area contributed by atoms with Crippen LogP contribution in [0, 0.1) is 5.82 Å². The fourth-order valence-electron chi connectivity index (χ4n) is 2.15. The first-order chi connectivity index (χ1) is 6.65. The standard InChI is InChI=1S/C12H13FO/c1-2-6-12(14)7-5-9-8-10(13)3-4-11(9)12/h2-4,8,14H,1,5-7H2. The molecule has 1 nitrogen and oxygen atoms in total. The molecule has 0 aromatic heterocycles. The normalized spacial score (nSPS) is 24.7. The van der Waals surface area contributed by atoms with Gasteiger partial charge in [-0.25, -0.2) is 4.39 Å². The van der Waals surface area contributed by atoms with E-state index >= 15 is 0 Å². The Morgan fingerprint density at radius 1 is 1.57 bits per heavy atom. The zero-order valence-electron chi connectivity index (χ0n) is 7.96. The lowest BCUT2D eigenvalue weighted by Gasteiger charge is -2.21. The maximum atomic E-state index is 12.9. The molecule has 1 unspecified atom stereocenters. The van der Waals surface area contributed by atoms with Gasteiger partial charge in [0.25, 0.3) is 0 Å². The maximum Gasteiger partial charge on any atom is 0.123 e. The number of aryl methyl sites for hydroxylation is 1. The second-order valence-corrected chi connectivity index (χ2v) is 3.83. The molecule has 0 saturated carbocycles. The number of hydrogen-bond donors (Lipinski definition) is 1. The first kappa shape index (κ1) is 9.41. The Morgan fingerprint density at radius 2 is 2.36 bits per heavy atom. The summed E-state index contributed by atoms with van der Waals surface area (Å²) in [5.41, 5.74) is 0.971. The van der Waals surface area contributed by atoms with Gasteiger partial charge in [-0.3, -0.25) is 0 Å². The molecule has 1 aliphatic rings. The smallest absolute Gasteiger partial charge is 0.123 e. The molecule has 0 heterocycles. The molecule has 1 atom stereocenters. The molecule has 2 heteroatoms. The van der Waals surface area contributed by atoms with Crippen molar-refractivity contribution in [1.82, 2.24) is 0 Å². The first-order valence-corrected chi connectivity index (χ1v) is 4.78. The zero-order chi connectivity index (χ0) is 10.2. The summed E-state index contributed by atoms with van der Waals surface area (Å²) < 4.78 is 12.9. The molecule has 0 amide bonds. The minimum absolute atomic E-state index is 0.230. The van der Waals surface area contributed by atoms with E-state index in [1.165, 1.54) is 12.1 Å². The lowest BCUT2D eigenvalue weighted by Crippen LogP contribution is -2.20. The third-order valence-corrected chi connectivity index (χ3v) is 2.86. The highest BCUT2D eigenvalue weighted by molar-refractivity contribution is 5.37. The van der Waals surface area contributed by atoms with Gasteiger partial charge < -0.3 is 5.11 Å². The topological polar surface area (TPSA) is 20.2 Å². The lowest BCUT2D eigenvalue weighted by atomic mass is 9.92. The predicted octanol–water partition coefficient (Wildman–Crippen LogP) is 2.54. The van der Waals surface area contributed by atoms with Gasteiger partial charge in [-0.15, -0.1) is 6.58 Å². The van der Waals surface area contributed by atoms with Gasteiger partial charge in [0.2, 0.25) is 0 Å². The molecule has 14 heavy (non-hydrogen) atoms. The summed E-state index contributed by atoms with van der Waals surface area (Å²) in [7, 11) is 0. The summed E-state index contributed by atoms with van der Waals surface area (Å²) in [6.45, 7) is 3.63. The summed E-state index contributed by atoms with van der Waals surface area (Å²) >= 11 is 0. The molecule has 0 fully saturated rings. The Balaban J connectivity index is 2.44. The lowest BCUT2D eigenvalue weighted by molar-refractivity contribution is 0.0419. The Morgan fingerprint density at radius 3 is 3.07 bits per heavy atom. The van der Waals surface area contributed by atoms with Gasteiger partial charge in [0, 0.05) is 0 Å². The predicted molar refractivity (Wildman–Crippen MR) is 53.4 cm³/mol. The monoisotopic (exact) mass is 192 g/mol. The molecule has 2 rings (SSSR count). The van der Waals surface area contributed by atoms with Crippen LogP contribution in [-0.4, -0.2) is 5.11 Å². The molecular weight excluding hydrogens is 179 g/mol. The van der Waals surface area contributed by atoms with E-state index in [4.69, 9.17) is 0 Å². The highest BCUT2D eigenvalue weighted by Crippen LogP contribution is 2.39. The number of fused-ring (bicyclic) bond motifs is 1. The highest BCUT2D eigenvalue weighted by atomic mass is 19.1. The molecular formula is C12H13FO. The van der Waals surface area contributed by atoms with Gasteiger partial charge in [0.15, 0.2) is 0 Å². The van der Waals surface area contributed by atoms with Crippen LogP contribution >= 0.6 is 0 Å². The van der Waals surface area contributed by atoms with Crippen LogP contribution in [0.25, 0.3) is 0 Å². The second kappa shape index (κ2) is 3.21. The molecule has 0 saturated heterocycles. The zero-order valence-corrected chi connectivity index (χ0v) is 7.96. The van der Waals surface area contributed by atoms with Crippen molar-refractivity contribution < 1.29 is 9.50 Å². The molecule has 0 spiro atoms. The van der Waals surface area contributed by atoms with Crippen LogP contribution in [0.4, 0.5) is 4.39 Å². The van der Waals surface area contributed by atoms with Crippen LogP contribution in [0.15, 0.2) is 30.9 Å². The molecule has 0 aliphatic heterocycles. The van der Waals surface area contributed by atoms with E-state index < -0.39 is 5.60 Å². The highest BCUT2D eigenvalue weighted by Gasteiger charge is 2.35. The van der Waals surface area contributed by atoms with Crippen LogP contribution in [0.3, 0.4) is 0 Å².